The first kappa shape index (κ1) is 13.5. The predicted octanol–water partition coefficient (Wildman–Crippen LogP) is 2.89. The minimum atomic E-state index is -0.363. The zero-order valence-corrected chi connectivity index (χ0v) is 11.7. The van der Waals surface area contributed by atoms with Gasteiger partial charge in [0.2, 0.25) is 0 Å². The molecule has 0 aromatic heterocycles. The first-order valence-corrected chi connectivity index (χ1v) is 6.77. The van der Waals surface area contributed by atoms with E-state index in [4.69, 9.17) is 4.74 Å². The third-order valence-electron chi connectivity index (χ3n) is 3.01. The van der Waals surface area contributed by atoms with Crippen molar-refractivity contribution in [3.05, 3.63) is 34.1 Å². The van der Waals surface area contributed by atoms with Gasteiger partial charge >= 0.3 is 0 Å². The molecule has 1 N–H and O–H groups in total. The Bertz CT molecular complexity index is 447. The molecular formula is C13H15BrFNO2. The summed E-state index contributed by atoms with van der Waals surface area (Å²) in [6.45, 7) is 2.66. The van der Waals surface area contributed by atoms with Crippen LogP contribution in [0.25, 0.3) is 0 Å². The van der Waals surface area contributed by atoms with Crippen molar-refractivity contribution in [3.63, 3.8) is 0 Å². The maximum atomic E-state index is 12.9. The molecule has 1 aromatic carbocycles. The van der Waals surface area contributed by atoms with Crippen LogP contribution in [0.3, 0.4) is 0 Å². The molecule has 2 rings (SSSR count). The van der Waals surface area contributed by atoms with Gasteiger partial charge in [0.05, 0.1) is 11.7 Å². The SMILES string of the molecule is CCOC1CC(NC(=O)c2ccc(F)cc2Br)C1. The lowest BCUT2D eigenvalue weighted by Gasteiger charge is -2.35. The summed E-state index contributed by atoms with van der Waals surface area (Å²) in [6, 6.07) is 4.21. The summed E-state index contributed by atoms with van der Waals surface area (Å²) >= 11 is 3.19. The molecule has 1 amide bonds. The van der Waals surface area contributed by atoms with Gasteiger partial charge in [-0.2, -0.15) is 0 Å². The highest BCUT2D eigenvalue weighted by atomic mass is 79.9. The molecule has 1 aromatic rings. The lowest BCUT2D eigenvalue weighted by atomic mass is 9.89. The Hall–Kier alpha value is -0.940. The van der Waals surface area contributed by atoms with Crippen LogP contribution in [0.1, 0.15) is 30.1 Å². The van der Waals surface area contributed by atoms with Crippen LogP contribution < -0.4 is 5.32 Å². The fourth-order valence-corrected chi connectivity index (χ4v) is 2.52. The second kappa shape index (κ2) is 5.80. The van der Waals surface area contributed by atoms with Crippen LogP contribution in [0.4, 0.5) is 4.39 Å². The molecule has 1 aliphatic carbocycles. The van der Waals surface area contributed by atoms with E-state index in [-0.39, 0.29) is 23.9 Å². The number of carbonyl (C=O) groups is 1. The van der Waals surface area contributed by atoms with E-state index in [1.165, 1.54) is 18.2 Å². The quantitative estimate of drug-likeness (QED) is 0.927. The van der Waals surface area contributed by atoms with Gasteiger partial charge in [0.1, 0.15) is 5.82 Å². The second-order valence-corrected chi connectivity index (χ2v) is 5.20. The van der Waals surface area contributed by atoms with Gasteiger partial charge in [-0.3, -0.25) is 4.79 Å². The Morgan fingerprint density at radius 3 is 2.89 bits per heavy atom. The van der Waals surface area contributed by atoms with Gasteiger partial charge < -0.3 is 10.1 Å². The third kappa shape index (κ3) is 3.09. The summed E-state index contributed by atoms with van der Waals surface area (Å²) in [7, 11) is 0. The summed E-state index contributed by atoms with van der Waals surface area (Å²) in [5, 5.41) is 2.91. The van der Waals surface area contributed by atoms with Crippen LogP contribution in [-0.2, 0) is 4.74 Å². The molecule has 1 saturated carbocycles. The molecule has 1 aliphatic rings. The van der Waals surface area contributed by atoms with Crippen LogP contribution in [0.2, 0.25) is 0 Å². The number of rotatable bonds is 4. The summed E-state index contributed by atoms with van der Waals surface area (Å²) < 4.78 is 18.8. The minimum absolute atomic E-state index is 0.158. The first-order chi connectivity index (χ1) is 8.60. The smallest absolute Gasteiger partial charge is 0.252 e. The third-order valence-corrected chi connectivity index (χ3v) is 3.66. The van der Waals surface area contributed by atoms with Crippen molar-refractivity contribution in [1.82, 2.24) is 5.32 Å². The number of ether oxygens (including phenoxy) is 1. The van der Waals surface area contributed by atoms with E-state index in [1.807, 2.05) is 6.92 Å². The molecule has 0 aliphatic heterocycles. The lowest BCUT2D eigenvalue weighted by molar-refractivity contribution is -0.00863. The molecular weight excluding hydrogens is 301 g/mol. The Balaban J connectivity index is 1.89. The molecule has 1 fully saturated rings. The van der Waals surface area contributed by atoms with Crippen LogP contribution >= 0.6 is 15.9 Å². The molecule has 0 unspecified atom stereocenters. The number of halogens is 2. The van der Waals surface area contributed by atoms with Crippen molar-refractivity contribution in [1.29, 1.82) is 0 Å². The van der Waals surface area contributed by atoms with E-state index in [2.05, 4.69) is 21.2 Å². The van der Waals surface area contributed by atoms with Gasteiger partial charge in [-0.05, 0) is 53.9 Å². The van der Waals surface area contributed by atoms with Gasteiger partial charge in [-0.1, -0.05) is 0 Å². The monoisotopic (exact) mass is 315 g/mol. The van der Waals surface area contributed by atoms with Crippen LogP contribution in [0.5, 0.6) is 0 Å². The Kier molecular flexibility index (Phi) is 4.35. The highest BCUT2D eigenvalue weighted by molar-refractivity contribution is 9.10. The van der Waals surface area contributed by atoms with E-state index in [1.54, 1.807) is 0 Å². The molecule has 0 bridgehead atoms. The van der Waals surface area contributed by atoms with Crippen LogP contribution in [-0.4, -0.2) is 24.7 Å². The highest BCUT2D eigenvalue weighted by Crippen LogP contribution is 2.24. The normalized spacial score (nSPS) is 22.4. The highest BCUT2D eigenvalue weighted by Gasteiger charge is 2.31. The lowest BCUT2D eigenvalue weighted by Crippen LogP contribution is -2.47. The number of benzene rings is 1. The molecule has 18 heavy (non-hydrogen) atoms. The molecule has 0 heterocycles. The standard InChI is InChI=1S/C13H15BrFNO2/c1-2-18-10-6-9(7-10)16-13(17)11-4-3-8(15)5-12(11)14/h3-5,9-10H,2,6-7H2,1H3,(H,16,17). The minimum Gasteiger partial charge on any atom is -0.378 e. The number of amides is 1. The average molecular weight is 316 g/mol. The van der Waals surface area contributed by atoms with Crippen molar-refractivity contribution < 1.29 is 13.9 Å². The molecule has 3 nitrogen and oxygen atoms in total. The van der Waals surface area contributed by atoms with Crippen molar-refractivity contribution in [2.75, 3.05) is 6.61 Å². The molecule has 0 radical (unpaired) electrons. The summed E-state index contributed by atoms with van der Waals surface area (Å²) in [6.07, 6.45) is 1.95. The predicted molar refractivity (Wildman–Crippen MR) is 70.0 cm³/mol. The summed E-state index contributed by atoms with van der Waals surface area (Å²) in [5.74, 6) is -0.541. The zero-order chi connectivity index (χ0) is 13.1. The number of hydrogen-bond donors (Lipinski definition) is 1. The second-order valence-electron chi connectivity index (χ2n) is 4.34. The molecule has 0 spiro atoms. The van der Waals surface area contributed by atoms with E-state index in [0.29, 0.717) is 16.6 Å². The topological polar surface area (TPSA) is 38.3 Å². The Morgan fingerprint density at radius 2 is 2.28 bits per heavy atom. The molecule has 0 saturated heterocycles. The summed E-state index contributed by atoms with van der Waals surface area (Å²) in [5.41, 5.74) is 0.455. The van der Waals surface area contributed by atoms with Gasteiger partial charge in [0, 0.05) is 17.1 Å². The number of hydrogen-bond acceptors (Lipinski definition) is 2. The Labute approximate surface area is 114 Å². The van der Waals surface area contributed by atoms with Crippen molar-refractivity contribution in [2.45, 2.75) is 31.9 Å². The first-order valence-electron chi connectivity index (χ1n) is 5.97. The maximum absolute atomic E-state index is 12.9. The average Bonchev–Trinajstić information content (AvgIpc) is 2.26. The Morgan fingerprint density at radius 1 is 1.56 bits per heavy atom. The largest absolute Gasteiger partial charge is 0.378 e. The van der Waals surface area contributed by atoms with Gasteiger partial charge in [0.15, 0.2) is 0 Å². The van der Waals surface area contributed by atoms with E-state index >= 15 is 0 Å². The fourth-order valence-electron chi connectivity index (χ4n) is 1.99. The van der Waals surface area contributed by atoms with Crippen molar-refractivity contribution in [3.8, 4) is 0 Å². The van der Waals surface area contributed by atoms with E-state index < -0.39 is 0 Å². The van der Waals surface area contributed by atoms with Crippen molar-refractivity contribution >= 4 is 21.8 Å². The van der Waals surface area contributed by atoms with Crippen LogP contribution in [0, 0.1) is 5.82 Å². The zero-order valence-electron chi connectivity index (χ0n) is 10.1. The van der Waals surface area contributed by atoms with Crippen LogP contribution in [0.15, 0.2) is 22.7 Å². The molecule has 98 valence electrons. The fraction of sp³-hybridized carbons (Fsp3) is 0.462. The number of nitrogens with one attached hydrogen (secondary N) is 1. The molecule has 0 atom stereocenters. The van der Waals surface area contributed by atoms with Gasteiger partial charge in [0.25, 0.3) is 5.91 Å². The summed E-state index contributed by atoms with van der Waals surface area (Å²) in [4.78, 5) is 11.9. The van der Waals surface area contributed by atoms with Gasteiger partial charge in [-0.15, -0.1) is 0 Å². The van der Waals surface area contributed by atoms with E-state index in [9.17, 15) is 9.18 Å². The maximum Gasteiger partial charge on any atom is 0.252 e. The number of carbonyl (C=O) groups excluding carboxylic acids is 1. The van der Waals surface area contributed by atoms with E-state index in [0.717, 1.165) is 12.8 Å². The molecule has 5 heteroatoms. The van der Waals surface area contributed by atoms with Crippen molar-refractivity contribution in [2.24, 2.45) is 0 Å². The van der Waals surface area contributed by atoms with Gasteiger partial charge in [-0.25, -0.2) is 4.39 Å².